The Morgan fingerprint density at radius 1 is 1.18 bits per heavy atom. The van der Waals surface area contributed by atoms with Crippen molar-refractivity contribution in [2.24, 2.45) is 0 Å². The van der Waals surface area contributed by atoms with Crippen molar-refractivity contribution in [3.05, 3.63) is 53.1 Å². The molecule has 17 heavy (non-hydrogen) atoms. The average molecular weight is 254 g/mol. The van der Waals surface area contributed by atoms with Gasteiger partial charge in [0.05, 0.1) is 12.7 Å². The van der Waals surface area contributed by atoms with Crippen LogP contribution in [0.4, 0.5) is 8.78 Å². The molecule has 0 saturated carbocycles. The SMILES string of the molecule is COc1cc(F)c(-c2cc[c]c(Cl)c2)c(F)c1. The van der Waals surface area contributed by atoms with E-state index in [0.29, 0.717) is 10.6 Å². The Morgan fingerprint density at radius 2 is 1.82 bits per heavy atom. The summed E-state index contributed by atoms with van der Waals surface area (Å²) < 4.78 is 32.3. The van der Waals surface area contributed by atoms with Gasteiger partial charge in [-0.15, -0.1) is 0 Å². The molecule has 1 radical (unpaired) electrons. The number of rotatable bonds is 2. The number of hydrogen-bond donors (Lipinski definition) is 0. The molecule has 87 valence electrons. The van der Waals surface area contributed by atoms with Crippen LogP contribution in [-0.2, 0) is 0 Å². The first-order valence-corrected chi connectivity index (χ1v) is 5.20. The molecule has 0 aliphatic heterocycles. The van der Waals surface area contributed by atoms with E-state index in [1.807, 2.05) is 0 Å². The second kappa shape index (κ2) is 4.72. The van der Waals surface area contributed by atoms with Gasteiger partial charge in [0.25, 0.3) is 0 Å². The summed E-state index contributed by atoms with van der Waals surface area (Å²) in [5.74, 6) is -1.24. The van der Waals surface area contributed by atoms with Gasteiger partial charge in [0.1, 0.15) is 17.4 Å². The van der Waals surface area contributed by atoms with Crippen LogP contribution in [-0.4, -0.2) is 7.11 Å². The molecule has 4 heteroatoms. The molecular weight excluding hydrogens is 246 g/mol. The van der Waals surface area contributed by atoms with Crippen LogP contribution in [0.2, 0.25) is 5.02 Å². The fourth-order valence-corrected chi connectivity index (χ4v) is 1.72. The van der Waals surface area contributed by atoms with E-state index < -0.39 is 11.6 Å². The minimum Gasteiger partial charge on any atom is -0.497 e. The van der Waals surface area contributed by atoms with Crippen molar-refractivity contribution in [1.82, 2.24) is 0 Å². The van der Waals surface area contributed by atoms with Crippen LogP contribution in [0.3, 0.4) is 0 Å². The normalized spacial score (nSPS) is 10.4. The maximum Gasteiger partial charge on any atom is 0.137 e. The molecule has 2 aromatic carbocycles. The van der Waals surface area contributed by atoms with Crippen LogP contribution in [0.5, 0.6) is 5.75 Å². The van der Waals surface area contributed by atoms with E-state index in [1.54, 1.807) is 6.07 Å². The van der Waals surface area contributed by atoms with Gasteiger partial charge in [0.15, 0.2) is 0 Å². The molecule has 0 heterocycles. The van der Waals surface area contributed by atoms with Gasteiger partial charge in [-0.25, -0.2) is 8.78 Å². The van der Waals surface area contributed by atoms with Gasteiger partial charge in [-0.3, -0.25) is 0 Å². The zero-order valence-corrected chi connectivity index (χ0v) is 9.68. The third-order valence-electron chi connectivity index (χ3n) is 2.31. The van der Waals surface area contributed by atoms with Crippen molar-refractivity contribution in [3.63, 3.8) is 0 Å². The van der Waals surface area contributed by atoms with Gasteiger partial charge in [-0.1, -0.05) is 23.7 Å². The van der Waals surface area contributed by atoms with Crippen LogP contribution in [0, 0.1) is 17.7 Å². The topological polar surface area (TPSA) is 9.23 Å². The zero-order valence-electron chi connectivity index (χ0n) is 8.93. The molecule has 0 atom stereocenters. The number of benzene rings is 2. The summed E-state index contributed by atoms with van der Waals surface area (Å²) in [6.07, 6.45) is 0. The number of hydrogen-bond acceptors (Lipinski definition) is 1. The molecule has 0 saturated heterocycles. The van der Waals surface area contributed by atoms with E-state index in [1.165, 1.54) is 19.2 Å². The highest BCUT2D eigenvalue weighted by Crippen LogP contribution is 2.30. The lowest BCUT2D eigenvalue weighted by Gasteiger charge is -2.08. The highest BCUT2D eigenvalue weighted by atomic mass is 35.5. The third-order valence-corrected chi connectivity index (χ3v) is 2.52. The summed E-state index contributed by atoms with van der Waals surface area (Å²) in [5.41, 5.74) is 0.244. The Bertz CT molecular complexity index is 532. The maximum atomic E-state index is 13.7. The van der Waals surface area contributed by atoms with E-state index in [-0.39, 0.29) is 11.3 Å². The summed E-state index contributed by atoms with van der Waals surface area (Å²) in [7, 11) is 1.35. The summed E-state index contributed by atoms with van der Waals surface area (Å²) in [6.45, 7) is 0. The van der Waals surface area contributed by atoms with Crippen LogP contribution >= 0.6 is 11.6 Å². The predicted molar refractivity (Wildman–Crippen MR) is 62.2 cm³/mol. The Kier molecular flexibility index (Phi) is 3.29. The molecule has 0 aromatic heterocycles. The lowest BCUT2D eigenvalue weighted by atomic mass is 10.0. The standard InChI is InChI=1S/C13H8ClF2O/c1-17-10-6-11(15)13(12(16)7-10)8-3-2-4-9(14)5-8/h2-3,5-7H,1H3. The van der Waals surface area contributed by atoms with E-state index in [9.17, 15) is 8.78 Å². The molecule has 0 bridgehead atoms. The Balaban J connectivity index is 2.60. The summed E-state index contributed by atoms with van der Waals surface area (Å²) in [6, 6.07) is 9.46. The highest BCUT2D eigenvalue weighted by molar-refractivity contribution is 6.30. The summed E-state index contributed by atoms with van der Waals surface area (Å²) in [4.78, 5) is 0. The van der Waals surface area contributed by atoms with Gasteiger partial charge in [-0.2, -0.15) is 0 Å². The monoisotopic (exact) mass is 253 g/mol. The van der Waals surface area contributed by atoms with Crippen molar-refractivity contribution < 1.29 is 13.5 Å². The molecule has 0 spiro atoms. The molecule has 2 rings (SSSR count). The van der Waals surface area contributed by atoms with Gasteiger partial charge in [-0.05, 0) is 11.6 Å². The van der Waals surface area contributed by atoms with Crippen molar-refractivity contribution in [2.75, 3.05) is 7.11 Å². The first kappa shape index (κ1) is 11.9. The van der Waals surface area contributed by atoms with E-state index in [4.69, 9.17) is 16.3 Å². The first-order valence-electron chi connectivity index (χ1n) is 4.82. The van der Waals surface area contributed by atoms with Crippen LogP contribution in [0.15, 0.2) is 30.3 Å². The fraction of sp³-hybridized carbons (Fsp3) is 0.0769. The van der Waals surface area contributed by atoms with E-state index >= 15 is 0 Å². The highest BCUT2D eigenvalue weighted by Gasteiger charge is 2.13. The molecule has 0 unspecified atom stereocenters. The van der Waals surface area contributed by atoms with E-state index in [0.717, 1.165) is 12.1 Å². The summed E-state index contributed by atoms with van der Waals surface area (Å²) in [5, 5.41) is 0.303. The first-order chi connectivity index (χ1) is 8.11. The number of ether oxygens (including phenoxy) is 1. The minimum atomic E-state index is -0.691. The van der Waals surface area contributed by atoms with Crippen LogP contribution in [0.1, 0.15) is 0 Å². The van der Waals surface area contributed by atoms with Crippen molar-refractivity contribution in [3.8, 4) is 16.9 Å². The lowest BCUT2D eigenvalue weighted by molar-refractivity contribution is 0.407. The van der Waals surface area contributed by atoms with Crippen molar-refractivity contribution >= 4 is 11.6 Å². The largest absolute Gasteiger partial charge is 0.497 e. The Labute approximate surface area is 103 Å². The van der Waals surface area contributed by atoms with Crippen LogP contribution < -0.4 is 4.74 Å². The molecular formula is C13H8ClF2O. The molecule has 0 N–H and O–H groups in total. The number of methoxy groups -OCH3 is 1. The quantitative estimate of drug-likeness (QED) is 0.783. The molecule has 0 aliphatic carbocycles. The summed E-state index contributed by atoms with van der Waals surface area (Å²) >= 11 is 5.73. The van der Waals surface area contributed by atoms with Gasteiger partial charge in [0, 0.05) is 23.2 Å². The van der Waals surface area contributed by atoms with Gasteiger partial charge < -0.3 is 4.74 Å². The van der Waals surface area contributed by atoms with Gasteiger partial charge in [0.2, 0.25) is 0 Å². The predicted octanol–water partition coefficient (Wildman–Crippen LogP) is 4.09. The maximum absolute atomic E-state index is 13.7. The van der Waals surface area contributed by atoms with Gasteiger partial charge >= 0.3 is 0 Å². The molecule has 0 amide bonds. The molecule has 1 nitrogen and oxygen atoms in total. The molecule has 0 fully saturated rings. The Morgan fingerprint density at radius 3 is 2.35 bits per heavy atom. The molecule has 0 aliphatic rings. The number of halogens is 3. The lowest BCUT2D eigenvalue weighted by Crippen LogP contribution is -1.93. The fourth-order valence-electron chi connectivity index (χ4n) is 1.54. The smallest absolute Gasteiger partial charge is 0.137 e. The third kappa shape index (κ3) is 2.39. The minimum absolute atomic E-state index is 0.123. The van der Waals surface area contributed by atoms with Crippen molar-refractivity contribution in [1.29, 1.82) is 0 Å². The Hall–Kier alpha value is -1.61. The van der Waals surface area contributed by atoms with Crippen LogP contribution in [0.25, 0.3) is 11.1 Å². The second-order valence-electron chi connectivity index (χ2n) is 3.39. The average Bonchev–Trinajstić information content (AvgIpc) is 2.28. The zero-order chi connectivity index (χ0) is 12.4. The van der Waals surface area contributed by atoms with Crippen molar-refractivity contribution in [2.45, 2.75) is 0 Å². The second-order valence-corrected chi connectivity index (χ2v) is 3.80. The van der Waals surface area contributed by atoms with E-state index in [2.05, 4.69) is 6.07 Å². The molecule has 2 aromatic rings.